The summed E-state index contributed by atoms with van der Waals surface area (Å²) >= 11 is 2.16. The predicted molar refractivity (Wildman–Crippen MR) is 128 cm³/mol. The van der Waals surface area contributed by atoms with Crippen LogP contribution in [0.2, 0.25) is 0 Å². The highest BCUT2D eigenvalue weighted by Crippen LogP contribution is 2.23. The van der Waals surface area contributed by atoms with E-state index in [1.807, 2.05) is 49.4 Å². The Hall–Kier alpha value is -3.40. The molecule has 7 nitrogen and oxygen atoms in total. The van der Waals surface area contributed by atoms with E-state index in [-0.39, 0.29) is 5.56 Å². The molecule has 0 saturated carbocycles. The SMILES string of the molecule is Cc1ccccc1NC(=O)NN=Cc1ccc(OCc2ccc(C(=O)O)cc2)c(I)c1. The number of nitrogens with one attached hydrogen (secondary N) is 2. The number of halogens is 1. The van der Waals surface area contributed by atoms with Crippen molar-refractivity contribution >= 4 is 46.5 Å². The minimum absolute atomic E-state index is 0.239. The topological polar surface area (TPSA) is 100 Å². The van der Waals surface area contributed by atoms with Crippen LogP contribution in [0.1, 0.15) is 27.0 Å². The summed E-state index contributed by atoms with van der Waals surface area (Å²) in [5.74, 6) is -0.258. The maximum Gasteiger partial charge on any atom is 0.339 e. The molecule has 0 aliphatic rings. The number of ether oxygens (including phenoxy) is 1. The molecule has 0 aliphatic carbocycles. The molecule has 0 aromatic heterocycles. The lowest BCUT2D eigenvalue weighted by Gasteiger charge is -2.09. The molecule has 0 aliphatic heterocycles. The van der Waals surface area contributed by atoms with Crippen LogP contribution in [0.3, 0.4) is 0 Å². The summed E-state index contributed by atoms with van der Waals surface area (Å²) in [7, 11) is 0. The van der Waals surface area contributed by atoms with Gasteiger partial charge in [-0.25, -0.2) is 15.0 Å². The van der Waals surface area contributed by atoms with Gasteiger partial charge in [0, 0.05) is 5.69 Å². The van der Waals surface area contributed by atoms with Crippen LogP contribution in [0.5, 0.6) is 5.75 Å². The Bertz CT molecular complexity index is 1110. The van der Waals surface area contributed by atoms with E-state index in [0.717, 1.165) is 25.9 Å². The zero-order valence-corrected chi connectivity index (χ0v) is 18.8. The van der Waals surface area contributed by atoms with Crippen molar-refractivity contribution in [2.75, 3.05) is 5.32 Å². The number of urea groups is 1. The van der Waals surface area contributed by atoms with Gasteiger partial charge in [0.25, 0.3) is 0 Å². The van der Waals surface area contributed by atoms with E-state index in [1.54, 1.807) is 30.5 Å². The highest BCUT2D eigenvalue weighted by molar-refractivity contribution is 14.1. The van der Waals surface area contributed by atoms with Crippen LogP contribution in [-0.4, -0.2) is 23.3 Å². The average molecular weight is 529 g/mol. The number of anilines is 1. The van der Waals surface area contributed by atoms with Crippen LogP contribution < -0.4 is 15.5 Å². The number of para-hydroxylation sites is 1. The molecule has 3 aromatic rings. The number of carbonyl (C=O) groups is 2. The van der Waals surface area contributed by atoms with Crippen LogP contribution in [-0.2, 0) is 6.61 Å². The number of hydrazone groups is 1. The molecule has 0 heterocycles. The summed E-state index contributed by atoms with van der Waals surface area (Å²) in [4.78, 5) is 22.9. The highest BCUT2D eigenvalue weighted by atomic mass is 127. The summed E-state index contributed by atoms with van der Waals surface area (Å²) in [6.45, 7) is 2.24. The van der Waals surface area contributed by atoms with Crippen LogP contribution in [0.15, 0.2) is 71.8 Å². The first-order valence-electron chi connectivity index (χ1n) is 9.32. The molecule has 158 valence electrons. The first-order valence-corrected chi connectivity index (χ1v) is 10.4. The number of rotatable bonds is 7. The minimum Gasteiger partial charge on any atom is -0.488 e. The summed E-state index contributed by atoms with van der Waals surface area (Å²) in [6.07, 6.45) is 1.55. The number of benzene rings is 3. The Morgan fingerprint density at radius 2 is 1.84 bits per heavy atom. The minimum atomic E-state index is -0.957. The Morgan fingerprint density at radius 3 is 2.52 bits per heavy atom. The first kappa shape index (κ1) is 22.3. The van der Waals surface area contributed by atoms with Crippen molar-refractivity contribution in [3.8, 4) is 5.75 Å². The van der Waals surface area contributed by atoms with Crippen molar-refractivity contribution in [3.05, 3.63) is 92.6 Å². The van der Waals surface area contributed by atoms with Gasteiger partial charge < -0.3 is 15.2 Å². The second-order valence-electron chi connectivity index (χ2n) is 6.62. The lowest BCUT2D eigenvalue weighted by atomic mass is 10.1. The van der Waals surface area contributed by atoms with E-state index in [9.17, 15) is 9.59 Å². The average Bonchev–Trinajstić information content (AvgIpc) is 2.75. The van der Waals surface area contributed by atoms with Crippen LogP contribution in [0.25, 0.3) is 0 Å². The fourth-order valence-corrected chi connectivity index (χ4v) is 3.34. The zero-order chi connectivity index (χ0) is 22.2. The number of amides is 2. The van der Waals surface area contributed by atoms with Gasteiger partial charge in [-0.15, -0.1) is 0 Å². The molecule has 0 saturated heterocycles. The lowest BCUT2D eigenvalue weighted by molar-refractivity contribution is 0.0696. The van der Waals surface area contributed by atoms with Gasteiger partial charge in [0.15, 0.2) is 0 Å². The normalized spacial score (nSPS) is 10.6. The van der Waals surface area contributed by atoms with Crippen LogP contribution >= 0.6 is 22.6 Å². The van der Waals surface area contributed by atoms with Gasteiger partial charge >= 0.3 is 12.0 Å². The van der Waals surface area contributed by atoms with Gasteiger partial charge in [-0.1, -0.05) is 30.3 Å². The Morgan fingerprint density at radius 1 is 1.10 bits per heavy atom. The third-order valence-corrected chi connectivity index (χ3v) is 5.17. The molecule has 0 fully saturated rings. The third kappa shape index (κ3) is 6.54. The number of carboxylic acid groups (broad SMARTS) is 1. The molecule has 3 rings (SSSR count). The molecule has 0 unspecified atom stereocenters. The van der Waals surface area contributed by atoms with Crippen molar-refractivity contribution in [2.24, 2.45) is 5.10 Å². The van der Waals surface area contributed by atoms with Crippen LogP contribution in [0, 0.1) is 10.5 Å². The zero-order valence-electron chi connectivity index (χ0n) is 16.6. The van der Waals surface area contributed by atoms with Gasteiger partial charge in [0.2, 0.25) is 0 Å². The number of aryl methyl sites for hydroxylation is 1. The van der Waals surface area contributed by atoms with Gasteiger partial charge in [-0.2, -0.15) is 5.10 Å². The molecule has 31 heavy (non-hydrogen) atoms. The summed E-state index contributed by atoms with van der Waals surface area (Å²) < 4.78 is 6.70. The molecule has 0 spiro atoms. The molecule has 2 amide bonds. The highest BCUT2D eigenvalue weighted by Gasteiger charge is 2.06. The van der Waals surface area contributed by atoms with Gasteiger partial charge in [-0.3, -0.25) is 0 Å². The third-order valence-electron chi connectivity index (χ3n) is 4.32. The monoisotopic (exact) mass is 529 g/mol. The Kier molecular flexibility index (Phi) is 7.60. The first-order chi connectivity index (χ1) is 14.9. The number of aromatic carboxylic acids is 1. The van der Waals surface area contributed by atoms with E-state index in [0.29, 0.717) is 12.4 Å². The molecular formula is C23H20IN3O4. The summed E-state index contributed by atoms with van der Waals surface area (Å²) in [5.41, 5.74) is 6.05. The summed E-state index contributed by atoms with van der Waals surface area (Å²) in [6, 6.07) is 19.1. The molecule has 3 N–H and O–H groups in total. The fraction of sp³-hybridized carbons (Fsp3) is 0.0870. The van der Waals surface area contributed by atoms with Gasteiger partial charge in [0.1, 0.15) is 12.4 Å². The quantitative estimate of drug-likeness (QED) is 0.227. The molecule has 0 radical (unpaired) electrons. The van der Waals surface area contributed by atoms with Crippen molar-refractivity contribution in [1.82, 2.24) is 5.43 Å². The molecule has 0 bridgehead atoms. The number of hydrogen-bond acceptors (Lipinski definition) is 4. The van der Waals surface area contributed by atoms with Crippen molar-refractivity contribution in [1.29, 1.82) is 0 Å². The summed E-state index contributed by atoms with van der Waals surface area (Å²) in [5, 5.41) is 15.7. The number of carbonyl (C=O) groups excluding carboxylic acids is 1. The van der Waals surface area contributed by atoms with E-state index < -0.39 is 12.0 Å². The fourth-order valence-electron chi connectivity index (χ4n) is 2.65. The smallest absolute Gasteiger partial charge is 0.339 e. The lowest BCUT2D eigenvalue weighted by Crippen LogP contribution is -2.24. The van der Waals surface area contributed by atoms with E-state index in [2.05, 4.69) is 38.4 Å². The van der Waals surface area contributed by atoms with Gasteiger partial charge in [0.05, 0.1) is 15.3 Å². The Labute approximate surface area is 193 Å². The molecule has 0 atom stereocenters. The van der Waals surface area contributed by atoms with Crippen molar-refractivity contribution in [3.63, 3.8) is 0 Å². The number of carboxylic acids is 1. The van der Waals surface area contributed by atoms with Gasteiger partial charge in [-0.05, 0) is 82.6 Å². The number of hydrogen-bond donors (Lipinski definition) is 3. The largest absolute Gasteiger partial charge is 0.488 e. The maximum absolute atomic E-state index is 12.0. The Balaban J connectivity index is 1.53. The predicted octanol–water partition coefficient (Wildman–Crippen LogP) is 5.03. The van der Waals surface area contributed by atoms with Crippen molar-refractivity contribution < 1.29 is 19.4 Å². The van der Waals surface area contributed by atoms with Crippen LogP contribution in [0.4, 0.5) is 10.5 Å². The standard InChI is InChI=1S/C23H20IN3O4/c1-15-4-2-3-5-20(15)26-23(30)27-25-13-17-8-11-21(19(24)12-17)31-14-16-6-9-18(10-7-16)22(28)29/h2-13H,14H2,1H3,(H,28,29)(H2,26,27,30). The number of nitrogens with zero attached hydrogens (tertiary/aromatic N) is 1. The molecule has 3 aromatic carbocycles. The molecular weight excluding hydrogens is 509 g/mol. The maximum atomic E-state index is 12.0. The van der Waals surface area contributed by atoms with E-state index in [1.165, 1.54) is 0 Å². The second kappa shape index (κ2) is 10.6. The molecule has 8 heteroatoms. The van der Waals surface area contributed by atoms with Crippen molar-refractivity contribution in [2.45, 2.75) is 13.5 Å². The van der Waals surface area contributed by atoms with E-state index in [4.69, 9.17) is 9.84 Å². The second-order valence-corrected chi connectivity index (χ2v) is 7.78. The van der Waals surface area contributed by atoms with E-state index >= 15 is 0 Å².